The average Bonchev–Trinajstić information content (AvgIpc) is 2.76. The Morgan fingerprint density at radius 3 is 2.31 bits per heavy atom. The molecule has 0 radical (unpaired) electrons. The second-order valence-electron chi connectivity index (χ2n) is 4.28. The summed E-state index contributed by atoms with van der Waals surface area (Å²) in [7, 11) is 0. The SMILES string of the molecule is Br.CCCCCC(CCCC)n1cccn1. The lowest BCUT2D eigenvalue weighted by Gasteiger charge is -2.17. The van der Waals surface area contributed by atoms with E-state index >= 15 is 0 Å². The molecule has 1 aromatic rings. The Labute approximate surface area is 110 Å². The fourth-order valence-electron chi connectivity index (χ4n) is 1.98. The Balaban J connectivity index is 0.00000225. The van der Waals surface area contributed by atoms with Crippen molar-refractivity contribution < 1.29 is 0 Å². The van der Waals surface area contributed by atoms with E-state index in [0.29, 0.717) is 6.04 Å². The fourth-order valence-corrected chi connectivity index (χ4v) is 1.98. The van der Waals surface area contributed by atoms with Gasteiger partial charge in [-0.25, -0.2) is 0 Å². The molecule has 0 N–H and O–H groups in total. The summed E-state index contributed by atoms with van der Waals surface area (Å²) in [6.07, 6.45) is 13.2. The van der Waals surface area contributed by atoms with Crippen LogP contribution >= 0.6 is 17.0 Å². The van der Waals surface area contributed by atoms with Gasteiger partial charge in [0.25, 0.3) is 0 Å². The summed E-state index contributed by atoms with van der Waals surface area (Å²) in [5.74, 6) is 0. The Morgan fingerprint density at radius 2 is 1.75 bits per heavy atom. The van der Waals surface area contributed by atoms with Gasteiger partial charge < -0.3 is 0 Å². The standard InChI is InChI=1S/C13H24N2.BrH/c1-3-5-7-10-13(9-6-4-2)15-12-8-11-14-15;/h8,11-13H,3-7,9-10H2,1-2H3;1H. The predicted octanol–water partition coefficient (Wildman–Crippen LogP) is 4.77. The molecule has 0 saturated carbocycles. The van der Waals surface area contributed by atoms with Crippen molar-refractivity contribution in [1.29, 1.82) is 0 Å². The van der Waals surface area contributed by atoms with E-state index in [1.807, 2.05) is 12.3 Å². The van der Waals surface area contributed by atoms with Crippen LogP contribution in [0.1, 0.15) is 64.8 Å². The van der Waals surface area contributed by atoms with E-state index in [-0.39, 0.29) is 17.0 Å². The normalized spacial score (nSPS) is 12.1. The molecule has 1 atom stereocenters. The second-order valence-corrected chi connectivity index (χ2v) is 4.28. The number of rotatable bonds is 8. The van der Waals surface area contributed by atoms with E-state index in [1.54, 1.807) is 0 Å². The number of halogens is 1. The molecule has 0 spiro atoms. The number of nitrogens with zero attached hydrogens (tertiary/aromatic N) is 2. The molecule has 16 heavy (non-hydrogen) atoms. The first-order valence-electron chi connectivity index (χ1n) is 6.37. The maximum atomic E-state index is 4.36. The van der Waals surface area contributed by atoms with Gasteiger partial charge in [-0.3, -0.25) is 4.68 Å². The summed E-state index contributed by atoms with van der Waals surface area (Å²) >= 11 is 0. The van der Waals surface area contributed by atoms with Crippen LogP contribution in [0, 0.1) is 0 Å². The van der Waals surface area contributed by atoms with Gasteiger partial charge in [0.1, 0.15) is 0 Å². The topological polar surface area (TPSA) is 17.8 Å². The van der Waals surface area contributed by atoms with E-state index in [0.717, 1.165) is 0 Å². The molecule has 0 amide bonds. The number of hydrogen-bond acceptors (Lipinski definition) is 1. The minimum atomic E-state index is 0. The molecule has 0 aliphatic heterocycles. The van der Waals surface area contributed by atoms with Crippen LogP contribution in [-0.4, -0.2) is 9.78 Å². The van der Waals surface area contributed by atoms with Crippen LogP contribution in [0.15, 0.2) is 18.5 Å². The van der Waals surface area contributed by atoms with Crippen molar-refractivity contribution in [1.82, 2.24) is 9.78 Å². The highest BCUT2D eigenvalue weighted by Gasteiger charge is 2.09. The van der Waals surface area contributed by atoms with Crippen LogP contribution < -0.4 is 0 Å². The quantitative estimate of drug-likeness (QED) is 0.630. The maximum absolute atomic E-state index is 4.36. The average molecular weight is 289 g/mol. The van der Waals surface area contributed by atoms with Crippen molar-refractivity contribution in [3.8, 4) is 0 Å². The van der Waals surface area contributed by atoms with E-state index in [2.05, 4.69) is 29.8 Å². The van der Waals surface area contributed by atoms with Gasteiger partial charge in [0.2, 0.25) is 0 Å². The van der Waals surface area contributed by atoms with Gasteiger partial charge >= 0.3 is 0 Å². The summed E-state index contributed by atoms with van der Waals surface area (Å²) in [5.41, 5.74) is 0. The van der Waals surface area contributed by atoms with Crippen LogP contribution in [0.4, 0.5) is 0 Å². The van der Waals surface area contributed by atoms with Gasteiger partial charge in [-0.05, 0) is 18.9 Å². The Hall–Kier alpha value is -0.310. The molecule has 1 rings (SSSR count). The summed E-state index contributed by atoms with van der Waals surface area (Å²) in [4.78, 5) is 0. The maximum Gasteiger partial charge on any atom is 0.0519 e. The zero-order chi connectivity index (χ0) is 10.9. The second kappa shape index (κ2) is 9.88. The molecule has 0 aromatic carbocycles. The van der Waals surface area contributed by atoms with Gasteiger partial charge in [0.15, 0.2) is 0 Å². The third-order valence-electron chi connectivity index (χ3n) is 2.93. The largest absolute Gasteiger partial charge is 0.270 e. The molecular formula is C13H25BrN2. The Bertz CT molecular complexity index is 234. The molecule has 2 nitrogen and oxygen atoms in total. The molecule has 0 saturated heterocycles. The minimum absolute atomic E-state index is 0. The van der Waals surface area contributed by atoms with Crippen molar-refractivity contribution in [2.45, 2.75) is 64.8 Å². The number of hydrogen-bond donors (Lipinski definition) is 0. The molecule has 0 bridgehead atoms. The summed E-state index contributed by atoms with van der Waals surface area (Å²) in [6.45, 7) is 4.52. The van der Waals surface area contributed by atoms with Crippen LogP contribution in [0.2, 0.25) is 0 Å². The van der Waals surface area contributed by atoms with Crippen molar-refractivity contribution in [2.24, 2.45) is 0 Å². The molecule has 0 fully saturated rings. The Kier molecular flexibility index (Phi) is 9.69. The van der Waals surface area contributed by atoms with Crippen molar-refractivity contribution in [2.75, 3.05) is 0 Å². The van der Waals surface area contributed by atoms with Gasteiger partial charge in [0.05, 0.1) is 6.04 Å². The highest BCUT2D eigenvalue weighted by atomic mass is 79.9. The lowest BCUT2D eigenvalue weighted by Crippen LogP contribution is -2.09. The first-order chi connectivity index (χ1) is 7.38. The van der Waals surface area contributed by atoms with Crippen LogP contribution in [-0.2, 0) is 0 Å². The smallest absolute Gasteiger partial charge is 0.0519 e. The third-order valence-corrected chi connectivity index (χ3v) is 2.93. The third kappa shape index (κ3) is 5.69. The molecule has 0 aliphatic rings. The molecule has 1 heterocycles. The fraction of sp³-hybridized carbons (Fsp3) is 0.769. The summed E-state index contributed by atoms with van der Waals surface area (Å²) in [6, 6.07) is 2.66. The predicted molar refractivity (Wildman–Crippen MR) is 75.3 cm³/mol. The summed E-state index contributed by atoms with van der Waals surface area (Å²) in [5, 5.41) is 4.36. The first kappa shape index (κ1) is 15.7. The monoisotopic (exact) mass is 288 g/mol. The lowest BCUT2D eigenvalue weighted by atomic mass is 10.0. The van der Waals surface area contributed by atoms with Crippen molar-refractivity contribution in [3.63, 3.8) is 0 Å². The van der Waals surface area contributed by atoms with Crippen molar-refractivity contribution >= 4 is 17.0 Å². The minimum Gasteiger partial charge on any atom is -0.270 e. The molecule has 1 aromatic heterocycles. The van der Waals surface area contributed by atoms with Gasteiger partial charge in [-0.1, -0.05) is 46.0 Å². The van der Waals surface area contributed by atoms with Gasteiger partial charge in [0, 0.05) is 12.4 Å². The summed E-state index contributed by atoms with van der Waals surface area (Å²) < 4.78 is 2.14. The molecule has 94 valence electrons. The van der Waals surface area contributed by atoms with E-state index in [4.69, 9.17) is 0 Å². The van der Waals surface area contributed by atoms with Crippen LogP contribution in [0.5, 0.6) is 0 Å². The van der Waals surface area contributed by atoms with Crippen molar-refractivity contribution in [3.05, 3.63) is 18.5 Å². The highest BCUT2D eigenvalue weighted by Crippen LogP contribution is 2.21. The first-order valence-corrected chi connectivity index (χ1v) is 6.37. The van der Waals surface area contributed by atoms with Gasteiger partial charge in [-0.2, -0.15) is 5.10 Å². The van der Waals surface area contributed by atoms with Crippen LogP contribution in [0.3, 0.4) is 0 Å². The van der Waals surface area contributed by atoms with E-state index < -0.39 is 0 Å². The highest BCUT2D eigenvalue weighted by molar-refractivity contribution is 8.93. The van der Waals surface area contributed by atoms with E-state index in [1.165, 1.54) is 44.9 Å². The molecule has 0 aliphatic carbocycles. The van der Waals surface area contributed by atoms with Crippen LogP contribution in [0.25, 0.3) is 0 Å². The molecule has 3 heteroatoms. The molecular weight excluding hydrogens is 264 g/mol. The van der Waals surface area contributed by atoms with E-state index in [9.17, 15) is 0 Å². The zero-order valence-corrected chi connectivity index (χ0v) is 12.3. The zero-order valence-electron chi connectivity index (χ0n) is 10.6. The lowest BCUT2D eigenvalue weighted by molar-refractivity contribution is 0.374. The number of unbranched alkanes of at least 4 members (excludes halogenated alkanes) is 3. The van der Waals surface area contributed by atoms with Gasteiger partial charge in [-0.15, -0.1) is 17.0 Å². The molecule has 1 unspecified atom stereocenters. The Morgan fingerprint density at radius 1 is 1.06 bits per heavy atom. The number of aromatic nitrogens is 2.